The van der Waals surface area contributed by atoms with Crippen molar-refractivity contribution in [1.82, 2.24) is 9.80 Å². The number of nitrogens with zero attached hydrogens (tertiary/aromatic N) is 2. The van der Waals surface area contributed by atoms with Crippen LogP contribution in [0.2, 0.25) is 0 Å². The van der Waals surface area contributed by atoms with Gasteiger partial charge < -0.3 is 19.6 Å². The number of morpholine rings is 1. The van der Waals surface area contributed by atoms with Gasteiger partial charge in [-0.3, -0.25) is 9.59 Å². The van der Waals surface area contributed by atoms with Crippen molar-refractivity contribution in [3.8, 4) is 0 Å². The first-order valence-corrected chi connectivity index (χ1v) is 8.66. The Kier molecular flexibility index (Phi) is 5.51. The lowest BCUT2D eigenvalue weighted by atomic mass is 9.95. The molecule has 1 atom stereocenters. The van der Waals surface area contributed by atoms with Gasteiger partial charge in [-0.05, 0) is 31.0 Å². The fourth-order valence-electron chi connectivity index (χ4n) is 3.40. The van der Waals surface area contributed by atoms with Crippen molar-refractivity contribution in [2.45, 2.75) is 12.8 Å². The molecule has 140 valence electrons. The van der Waals surface area contributed by atoms with Crippen LogP contribution in [0.25, 0.3) is 0 Å². The predicted octanol–water partition coefficient (Wildman–Crippen LogP) is 1.23. The maximum Gasteiger partial charge on any atom is 0.335 e. The van der Waals surface area contributed by atoms with Crippen LogP contribution in [0, 0.1) is 11.7 Å². The smallest absolute Gasteiger partial charge is 0.335 e. The maximum atomic E-state index is 14.2. The van der Waals surface area contributed by atoms with Gasteiger partial charge >= 0.3 is 5.97 Å². The van der Waals surface area contributed by atoms with E-state index in [4.69, 9.17) is 9.84 Å². The normalized spacial score (nSPS) is 20.7. The lowest BCUT2D eigenvalue weighted by Gasteiger charge is -2.36. The lowest BCUT2D eigenvalue weighted by Crippen LogP contribution is -2.49. The molecule has 1 N–H and O–H groups in total. The molecule has 0 spiro atoms. The SMILES string of the molecule is O=C(O)c1ccc(C(=O)N2CCCC(C(=O)N3CCOCC3)C2)c(F)c1. The summed E-state index contributed by atoms with van der Waals surface area (Å²) >= 11 is 0. The maximum absolute atomic E-state index is 14.2. The number of hydrogen-bond donors (Lipinski definition) is 1. The molecule has 0 radical (unpaired) electrons. The van der Waals surface area contributed by atoms with E-state index in [1.165, 1.54) is 17.0 Å². The molecule has 2 aliphatic heterocycles. The number of amides is 2. The summed E-state index contributed by atoms with van der Waals surface area (Å²) in [7, 11) is 0. The van der Waals surface area contributed by atoms with Crippen LogP contribution in [0.1, 0.15) is 33.6 Å². The van der Waals surface area contributed by atoms with Crippen molar-refractivity contribution in [2.75, 3.05) is 39.4 Å². The van der Waals surface area contributed by atoms with Gasteiger partial charge in [0.2, 0.25) is 5.91 Å². The van der Waals surface area contributed by atoms with E-state index in [9.17, 15) is 18.8 Å². The second-order valence-corrected chi connectivity index (χ2v) is 6.53. The van der Waals surface area contributed by atoms with Crippen LogP contribution in [0.5, 0.6) is 0 Å². The Morgan fingerprint density at radius 1 is 1.12 bits per heavy atom. The minimum atomic E-state index is -1.25. The van der Waals surface area contributed by atoms with Crippen LogP contribution >= 0.6 is 0 Å². The minimum Gasteiger partial charge on any atom is -0.478 e. The van der Waals surface area contributed by atoms with Gasteiger partial charge in [0.25, 0.3) is 5.91 Å². The molecule has 2 aliphatic rings. The summed E-state index contributed by atoms with van der Waals surface area (Å²) in [5.41, 5.74) is -0.382. The molecule has 1 unspecified atom stereocenters. The van der Waals surface area contributed by atoms with Crippen molar-refractivity contribution >= 4 is 17.8 Å². The first kappa shape index (κ1) is 18.3. The van der Waals surface area contributed by atoms with E-state index in [0.717, 1.165) is 6.07 Å². The van der Waals surface area contributed by atoms with Gasteiger partial charge in [0.1, 0.15) is 5.82 Å². The summed E-state index contributed by atoms with van der Waals surface area (Å²) in [5, 5.41) is 8.89. The highest BCUT2D eigenvalue weighted by Gasteiger charge is 2.32. The number of carbonyl (C=O) groups excluding carboxylic acids is 2. The standard InChI is InChI=1S/C18H21FN2O5/c19-15-10-12(18(24)25)3-4-14(15)17(23)21-5-1-2-13(11-21)16(22)20-6-8-26-9-7-20/h3-4,10,13H,1-2,5-9,11H2,(H,24,25). The van der Waals surface area contributed by atoms with Crippen molar-refractivity contribution < 1.29 is 28.6 Å². The molecule has 0 aromatic heterocycles. The van der Waals surface area contributed by atoms with Crippen molar-refractivity contribution in [2.24, 2.45) is 5.92 Å². The molecule has 0 aliphatic carbocycles. The number of piperidine rings is 1. The summed E-state index contributed by atoms with van der Waals surface area (Å²) in [6, 6.07) is 3.24. The molecule has 2 fully saturated rings. The van der Waals surface area contributed by atoms with E-state index < -0.39 is 17.7 Å². The molecule has 7 nitrogen and oxygen atoms in total. The Balaban J connectivity index is 1.70. The molecule has 1 aromatic rings. The van der Waals surface area contributed by atoms with Gasteiger partial charge in [0, 0.05) is 26.2 Å². The van der Waals surface area contributed by atoms with Gasteiger partial charge in [0.05, 0.1) is 30.3 Å². The van der Waals surface area contributed by atoms with Crippen LogP contribution in [0.15, 0.2) is 18.2 Å². The first-order valence-electron chi connectivity index (χ1n) is 8.66. The molecule has 2 heterocycles. The van der Waals surface area contributed by atoms with Crippen LogP contribution in [0.3, 0.4) is 0 Å². The van der Waals surface area contributed by atoms with E-state index in [2.05, 4.69) is 0 Å². The van der Waals surface area contributed by atoms with Crippen LogP contribution in [-0.4, -0.2) is 72.1 Å². The molecule has 2 amide bonds. The van der Waals surface area contributed by atoms with Crippen LogP contribution < -0.4 is 0 Å². The number of hydrogen-bond acceptors (Lipinski definition) is 4. The summed E-state index contributed by atoms with van der Waals surface area (Å²) in [6.45, 7) is 2.83. The van der Waals surface area contributed by atoms with Crippen molar-refractivity contribution in [1.29, 1.82) is 0 Å². The number of carbonyl (C=O) groups is 3. The highest BCUT2D eigenvalue weighted by Crippen LogP contribution is 2.22. The Labute approximate surface area is 150 Å². The number of benzene rings is 1. The molecular formula is C18H21FN2O5. The average molecular weight is 364 g/mol. The van der Waals surface area contributed by atoms with Gasteiger partial charge in [-0.1, -0.05) is 0 Å². The van der Waals surface area contributed by atoms with E-state index >= 15 is 0 Å². The second-order valence-electron chi connectivity index (χ2n) is 6.53. The van der Waals surface area contributed by atoms with Crippen molar-refractivity contribution in [3.05, 3.63) is 35.1 Å². The molecule has 0 bridgehead atoms. The summed E-state index contributed by atoms with van der Waals surface area (Å²) in [6.07, 6.45) is 1.36. The topological polar surface area (TPSA) is 87.2 Å². The zero-order valence-electron chi connectivity index (χ0n) is 14.3. The molecule has 8 heteroatoms. The molecule has 0 saturated carbocycles. The largest absolute Gasteiger partial charge is 0.478 e. The molecule has 3 rings (SSSR count). The molecule has 26 heavy (non-hydrogen) atoms. The quantitative estimate of drug-likeness (QED) is 0.872. The summed E-state index contributed by atoms with van der Waals surface area (Å²) in [5.74, 6) is -2.92. The van der Waals surface area contributed by atoms with Crippen LogP contribution in [-0.2, 0) is 9.53 Å². The summed E-state index contributed by atoms with van der Waals surface area (Å²) in [4.78, 5) is 39.4. The van der Waals surface area contributed by atoms with Crippen molar-refractivity contribution in [3.63, 3.8) is 0 Å². The number of ether oxygens (including phenoxy) is 1. The average Bonchev–Trinajstić information content (AvgIpc) is 2.67. The third-order valence-corrected chi connectivity index (χ3v) is 4.83. The molecular weight excluding hydrogens is 343 g/mol. The first-order chi connectivity index (χ1) is 12.5. The van der Waals surface area contributed by atoms with Gasteiger partial charge in [-0.2, -0.15) is 0 Å². The van der Waals surface area contributed by atoms with Gasteiger partial charge in [-0.25, -0.2) is 9.18 Å². The number of halogens is 1. The Bertz CT molecular complexity index is 718. The fourth-order valence-corrected chi connectivity index (χ4v) is 3.40. The van der Waals surface area contributed by atoms with E-state index in [1.54, 1.807) is 4.90 Å². The number of carboxylic acids is 1. The Hall–Kier alpha value is -2.48. The van der Waals surface area contributed by atoms with Crippen LogP contribution in [0.4, 0.5) is 4.39 Å². The zero-order valence-corrected chi connectivity index (χ0v) is 14.3. The third kappa shape index (κ3) is 3.85. The predicted molar refractivity (Wildman–Crippen MR) is 89.4 cm³/mol. The van der Waals surface area contributed by atoms with Gasteiger partial charge in [0.15, 0.2) is 0 Å². The Morgan fingerprint density at radius 2 is 1.85 bits per heavy atom. The van der Waals surface area contributed by atoms with Gasteiger partial charge in [-0.15, -0.1) is 0 Å². The second kappa shape index (κ2) is 7.82. The minimum absolute atomic E-state index is 0.00694. The monoisotopic (exact) mass is 364 g/mol. The number of rotatable bonds is 3. The zero-order chi connectivity index (χ0) is 18.7. The van der Waals surface area contributed by atoms with E-state index in [-0.39, 0.29) is 29.5 Å². The Morgan fingerprint density at radius 3 is 2.50 bits per heavy atom. The number of carboxylic acid groups (broad SMARTS) is 1. The highest BCUT2D eigenvalue weighted by molar-refractivity contribution is 5.96. The number of likely N-dealkylation sites (tertiary alicyclic amines) is 1. The lowest BCUT2D eigenvalue weighted by molar-refractivity contribution is -0.141. The summed E-state index contributed by atoms with van der Waals surface area (Å²) < 4.78 is 19.4. The molecule has 1 aromatic carbocycles. The number of aromatic carboxylic acids is 1. The van der Waals surface area contributed by atoms with E-state index in [1.807, 2.05) is 0 Å². The highest BCUT2D eigenvalue weighted by atomic mass is 19.1. The van der Waals surface area contributed by atoms with E-state index in [0.29, 0.717) is 45.7 Å². The third-order valence-electron chi connectivity index (χ3n) is 4.83. The fraction of sp³-hybridized carbons (Fsp3) is 0.500. The molecule has 2 saturated heterocycles.